The first kappa shape index (κ1) is 16.0. The predicted molar refractivity (Wildman–Crippen MR) is 76.5 cm³/mol. The van der Waals surface area contributed by atoms with Gasteiger partial charge in [-0.3, -0.25) is 9.69 Å². The molecule has 0 aromatic heterocycles. The van der Waals surface area contributed by atoms with E-state index in [1.165, 1.54) is 4.90 Å². The Morgan fingerprint density at radius 1 is 1.20 bits per heavy atom. The average molecular weight is 279 g/mol. The second kappa shape index (κ2) is 7.53. The van der Waals surface area contributed by atoms with Crippen LogP contribution in [-0.2, 0) is 14.3 Å². The summed E-state index contributed by atoms with van der Waals surface area (Å²) < 4.78 is 9.76. The number of rotatable bonds is 5. The van der Waals surface area contributed by atoms with Gasteiger partial charge >= 0.3 is 12.1 Å². The van der Waals surface area contributed by atoms with E-state index in [4.69, 9.17) is 9.47 Å². The minimum atomic E-state index is -0.564. The Morgan fingerprint density at radius 3 is 2.35 bits per heavy atom. The highest BCUT2D eigenvalue weighted by Crippen LogP contribution is 2.14. The van der Waals surface area contributed by atoms with Gasteiger partial charge in [0.05, 0.1) is 5.92 Å². The fourth-order valence-corrected chi connectivity index (χ4v) is 1.42. The van der Waals surface area contributed by atoms with Crippen LogP contribution in [0.15, 0.2) is 24.3 Å². The first-order chi connectivity index (χ1) is 9.45. The third-order valence-corrected chi connectivity index (χ3v) is 3.09. The van der Waals surface area contributed by atoms with E-state index >= 15 is 0 Å². The van der Waals surface area contributed by atoms with E-state index in [1.54, 1.807) is 14.0 Å². The summed E-state index contributed by atoms with van der Waals surface area (Å²) in [5, 5.41) is 0. The minimum absolute atomic E-state index is 0.191. The molecule has 0 aliphatic rings. The van der Waals surface area contributed by atoms with Gasteiger partial charge in [-0.25, -0.2) is 4.79 Å². The predicted octanol–water partition coefficient (Wildman–Crippen LogP) is 3.11. The minimum Gasteiger partial charge on any atom is -0.428 e. The van der Waals surface area contributed by atoms with Crippen molar-refractivity contribution in [2.45, 2.75) is 27.2 Å². The van der Waals surface area contributed by atoms with Crippen molar-refractivity contribution in [3.05, 3.63) is 29.8 Å². The third-order valence-electron chi connectivity index (χ3n) is 3.09. The van der Waals surface area contributed by atoms with Gasteiger partial charge in [0.15, 0.2) is 0 Å². The lowest BCUT2D eigenvalue weighted by Crippen LogP contribution is -2.28. The van der Waals surface area contributed by atoms with Crippen LogP contribution in [0.25, 0.3) is 0 Å². The zero-order valence-electron chi connectivity index (χ0n) is 12.4. The van der Waals surface area contributed by atoms with Gasteiger partial charge in [-0.2, -0.15) is 0 Å². The highest BCUT2D eigenvalue weighted by atomic mass is 16.7. The molecule has 0 fully saturated rings. The van der Waals surface area contributed by atoms with E-state index in [-0.39, 0.29) is 18.7 Å². The van der Waals surface area contributed by atoms with Crippen molar-refractivity contribution >= 4 is 17.7 Å². The molecule has 0 aliphatic heterocycles. The van der Waals surface area contributed by atoms with Crippen molar-refractivity contribution in [2.24, 2.45) is 5.92 Å². The number of aryl methyl sites for hydroxylation is 1. The van der Waals surface area contributed by atoms with E-state index in [0.717, 1.165) is 5.56 Å². The maximum atomic E-state index is 11.8. The van der Waals surface area contributed by atoms with E-state index in [0.29, 0.717) is 12.1 Å². The number of ether oxygens (including phenoxy) is 2. The Kier molecular flexibility index (Phi) is 6.03. The summed E-state index contributed by atoms with van der Waals surface area (Å²) in [5.74, 6) is -0.554. The molecule has 1 atom stereocenters. The lowest BCUT2D eigenvalue weighted by Gasteiger charge is -2.17. The molecule has 0 unspecified atom stereocenters. The molecule has 0 saturated heterocycles. The maximum absolute atomic E-state index is 11.8. The van der Waals surface area contributed by atoms with Gasteiger partial charge in [0.25, 0.3) is 0 Å². The van der Waals surface area contributed by atoms with Crippen LogP contribution >= 0.6 is 0 Å². The molecule has 0 spiro atoms. The zero-order chi connectivity index (χ0) is 15.1. The van der Waals surface area contributed by atoms with Gasteiger partial charge in [0, 0.05) is 12.7 Å². The smallest absolute Gasteiger partial charge is 0.416 e. The summed E-state index contributed by atoms with van der Waals surface area (Å²) in [6.07, 6.45) is 0.126. The van der Waals surface area contributed by atoms with Crippen LogP contribution in [0.2, 0.25) is 0 Å². The highest BCUT2D eigenvalue weighted by Gasteiger charge is 2.15. The maximum Gasteiger partial charge on any atom is 0.416 e. The van der Waals surface area contributed by atoms with E-state index < -0.39 is 6.09 Å². The van der Waals surface area contributed by atoms with Crippen LogP contribution in [0.4, 0.5) is 10.5 Å². The van der Waals surface area contributed by atoms with Gasteiger partial charge < -0.3 is 9.47 Å². The molecule has 0 heterocycles. The number of esters is 1. The topological polar surface area (TPSA) is 55.8 Å². The van der Waals surface area contributed by atoms with Crippen molar-refractivity contribution in [1.82, 2.24) is 0 Å². The third kappa shape index (κ3) is 4.57. The van der Waals surface area contributed by atoms with E-state index in [9.17, 15) is 9.59 Å². The van der Waals surface area contributed by atoms with Crippen LogP contribution in [0.3, 0.4) is 0 Å². The van der Waals surface area contributed by atoms with Crippen LogP contribution < -0.4 is 4.90 Å². The SMILES string of the molecule is CC[C@@H](C)C(=O)OCOC(=O)N(C)c1ccc(C)cc1. The van der Waals surface area contributed by atoms with Gasteiger partial charge in [0.1, 0.15) is 0 Å². The molecule has 0 bridgehead atoms. The molecule has 110 valence electrons. The fourth-order valence-electron chi connectivity index (χ4n) is 1.42. The molecule has 1 amide bonds. The quantitative estimate of drug-likeness (QED) is 0.614. The number of amides is 1. The van der Waals surface area contributed by atoms with Crippen LogP contribution in [-0.4, -0.2) is 25.9 Å². The summed E-state index contributed by atoms with van der Waals surface area (Å²) in [4.78, 5) is 24.5. The second-order valence-electron chi connectivity index (χ2n) is 4.70. The molecule has 0 radical (unpaired) electrons. The lowest BCUT2D eigenvalue weighted by atomic mass is 10.1. The Labute approximate surface area is 119 Å². The Morgan fingerprint density at radius 2 is 1.80 bits per heavy atom. The monoisotopic (exact) mass is 279 g/mol. The van der Waals surface area contributed by atoms with Crippen LogP contribution in [0.5, 0.6) is 0 Å². The number of nitrogens with zero attached hydrogens (tertiary/aromatic N) is 1. The summed E-state index contributed by atoms with van der Waals surface area (Å²) in [5.41, 5.74) is 1.83. The van der Waals surface area contributed by atoms with Gasteiger partial charge in [0.2, 0.25) is 6.79 Å². The second-order valence-corrected chi connectivity index (χ2v) is 4.70. The standard InChI is InChI=1S/C15H21NO4/c1-5-12(3)14(17)19-10-20-15(18)16(4)13-8-6-11(2)7-9-13/h6-9,12H,5,10H2,1-4H3/t12-/m1/s1. The molecule has 0 N–H and O–H groups in total. The fraction of sp³-hybridized carbons (Fsp3) is 0.467. The molecule has 5 heteroatoms. The van der Waals surface area contributed by atoms with Crippen LogP contribution in [0.1, 0.15) is 25.8 Å². The zero-order valence-corrected chi connectivity index (χ0v) is 12.4. The van der Waals surface area contributed by atoms with E-state index in [1.807, 2.05) is 38.1 Å². The van der Waals surface area contributed by atoms with Crippen LogP contribution in [0, 0.1) is 12.8 Å². The number of hydrogen-bond donors (Lipinski definition) is 0. The van der Waals surface area contributed by atoms with Crippen molar-refractivity contribution in [3.63, 3.8) is 0 Å². The first-order valence-corrected chi connectivity index (χ1v) is 6.59. The molecule has 0 aliphatic carbocycles. The number of hydrogen-bond acceptors (Lipinski definition) is 4. The molecular formula is C15H21NO4. The summed E-state index contributed by atoms with van der Waals surface area (Å²) in [7, 11) is 1.60. The molecule has 1 aromatic rings. The molecule has 20 heavy (non-hydrogen) atoms. The molecule has 1 rings (SSSR count). The Hall–Kier alpha value is -2.04. The largest absolute Gasteiger partial charge is 0.428 e. The summed E-state index contributed by atoms with van der Waals surface area (Å²) in [6, 6.07) is 7.45. The number of anilines is 1. The molecule has 0 saturated carbocycles. The Bertz CT molecular complexity index is 455. The highest BCUT2D eigenvalue weighted by molar-refractivity contribution is 5.86. The van der Waals surface area contributed by atoms with Crippen molar-refractivity contribution in [2.75, 3.05) is 18.7 Å². The number of carbonyl (C=O) groups excluding carboxylic acids is 2. The van der Waals surface area contributed by atoms with Gasteiger partial charge in [-0.15, -0.1) is 0 Å². The number of carbonyl (C=O) groups is 2. The average Bonchev–Trinajstić information content (AvgIpc) is 2.46. The van der Waals surface area contributed by atoms with Crippen molar-refractivity contribution < 1.29 is 19.1 Å². The normalized spacial score (nSPS) is 11.6. The lowest BCUT2D eigenvalue weighted by molar-refractivity contribution is -0.156. The first-order valence-electron chi connectivity index (χ1n) is 6.59. The molecular weight excluding hydrogens is 258 g/mol. The molecule has 1 aromatic carbocycles. The summed E-state index contributed by atoms with van der Waals surface area (Å²) >= 11 is 0. The van der Waals surface area contributed by atoms with Gasteiger partial charge in [-0.1, -0.05) is 31.5 Å². The van der Waals surface area contributed by atoms with Crippen molar-refractivity contribution in [1.29, 1.82) is 0 Å². The molecule has 5 nitrogen and oxygen atoms in total. The van der Waals surface area contributed by atoms with Crippen molar-refractivity contribution in [3.8, 4) is 0 Å². The Balaban J connectivity index is 2.43. The van der Waals surface area contributed by atoms with E-state index in [2.05, 4.69) is 0 Å². The van der Waals surface area contributed by atoms with Gasteiger partial charge in [-0.05, 0) is 25.5 Å². The number of benzene rings is 1. The summed E-state index contributed by atoms with van der Waals surface area (Å²) in [6.45, 7) is 5.26.